The van der Waals surface area contributed by atoms with Gasteiger partial charge < -0.3 is 24.3 Å². The fourth-order valence-corrected chi connectivity index (χ4v) is 2.36. The molecular weight excluding hydrogens is 274 g/mol. The maximum absolute atomic E-state index is 12.2. The molecule has 1 aromatic carbocycles. The van der Waals surface area contributed by atoms with Gasteiger partial charge in [-0.1, -0.05) is 0 Å². The number of amides is 1. The molecule has 1 aliphatic rings. The lowest BCUT2D eigenvalue weighted by atomic mass is 9.99. The van der Waals surface area contributed by atoms with Gasteiger partial charge in [0.1, 0.15) is 0 Å². The minimum absolute atomic E-state index is 0.00688. The van der Waals surface area contributed by atoms with E-state index in [4.69, 9.17) is 18.9 Å². The van der Waals surface area contributed by atoms with Crippen LogP contribution in [-0.2, 0) is 9.53 Å². The van der Waals surface area contributed by atoms with Gasteiger partial charge in [-0.05, 0) is 12.8 Å². The zero-order chi connectivity index (χ0) is 15.2. The molecule has 6 heteroatoms. The van der Waals surface area contributed by atoms with Gasteiger partial charge in [0.05, 0.1) is 21.3 Å². The summed E-state index contributed by atoms with van der Waals surface area (Å²) in [5, 5.41) is 2.90. The summed E-state index contributed by atoms with van der Waals surface area (Å²) in [6.07, 6.45) is 1.49. The number of hydrogen-bond donors (Lipinski definition) is 1. The van der Waals surface area contributed by atoms with Crippen LogP contribution in [0.2, 0.25) is 0 Å². The summed E-state index contributed by atoms with van der Waals surface area (Å²) in [4.78, 5) is 12.2. The lowest BCUT2D eigenvalue weighted by molar-refractivity contribution is -0.122. The van der Waals surface area contributed by atoms with Crippen LogP contribution in [0.5, 0.6) is 17.2 Å². The maximum atomic E-state index is 12.2. The number of benzene rings is 1. The van der Waals surface area contributed by atoms with Crippen LogP contribution in [0.15, 0.2) is 12.1 Å². The number of ether oxygens (including phenoxy) is 4. The summed E-state index contributed by atoms with van der Waals surface area (Å²) >= 11 is 0. The van der Waals surface area contributed by atoms with E-state index < -0.39 is 0 Å². The molecule has 116 valence electrons. The Balaban J connectivity index is 2.17. The zero-order valence-electron chi connectivity index (χ0n) is 12.6. The van der Waals surface area contributed by atoms with Crippen molar-refractivity contribution in [2.75, 3.05) is 39.9 Å². The summed E-state index contributed by atoms with van der Waals surface area (Å²) in [5.41, 5.74) is 0.626. The zero-order valence-corrected chi connectivity index (χ0v) is 12.6. The first-order valence-electron chi connectivity index (χ1n) is 6.88. The predicted molar refractivity (Wildman–Crippen MR) is 78.3 cm³/mol. The van der Waals surface area contributed by atoms with Gasteiger partial charge in [-0.25, -0.2) is 0 Å². The predicted octanol–water partition coefficient (Wildman–Crippen LogP) is 2.08. The number of carbonyl (C=O) groups is 1. The molecule has 1 amide bonds. The summed E-state index contributed by atoms with van der Waals surface area (Å²) in [7, 11) is 4.63. The van der Waals surface area contributed by atoms with E-state index in [1.807, 2.05) is 0 Å². The van der Waals surface area contributed by atoms with Gasteiger partial charge in [0, 0.05) is 37.0 Å². The van der Waals surface area contributed by atoms with Gasteiger partial charge in [0.15, 0.2) is 11.5 Å². The van der Waals surface area contributed by atoms with Gasteiger partial charge >= 0.3 is 0 Å². The molecule has 0 bridgehead atoms. The largest absolute Gasteiger partial charge is 0.493 e. The first-order valence-corrected chi connectivity index (χ1v) is 6.88. The summed E-state index contributed by atoms with van der Waals surface area (Å²) in [6.45, 7) is 1.26. The minimum atomic E-state index is -0.0159. The molecule has 0 unspecified atom stereocenters. The van der Waals surface area contributed by atoms with Gasteiger partial charge in [-0.2, -0.15) is 0 Å². The Hall–Kier alpha value is -1.95. The van der Waals surface area contributed by atoms with E-state index >= 15 is 0 Å². The first-order chi connectivity index (χ1) is 10.2. The highest BCUT2D eigenvalue weighted by atomic mass is 16.5. The van der Waals surface area contributed by atoms with Gasteiger partial charge in [-0.3, -0.25) is 4.79 Å². The Morgan fingerprint density at radius 3 is 2.14 bits per heavy atom. The SMILES string of the molecule is COc1cc(NC(=O)C2CCOCC2)cc(OC)c1OC. The lowest BCUT2D eigenvalue weighted by Gasteiger charge is -2.21. The van der Waals surface area contributed by atoms with E-state index in [0.717, 1.165) is 12.8 Å². The quantitative estimate of drug-likeness (QED) is 0.901. The van der Waals surface area contributed by atoms with Crippen molar-refractivity contribution in [1.29, 1.82) is 0 Å². The molecule has 1 aromatic rings. The molecule has 1 fully saturated rings. The molecule has 0 spiro atoms. The second-order valence-electron chi connectivity index (χ2n) is 4.79. The third kappa shape index (κ3) is 3.58. The molecule has 0 aliphatic carbocycles. The monoisotopic (exact) mass is 295 g/mol. The summed E-state index contributed by atoms with van der Waals surface area (Å²) in [6, 6.07) is 3.44. The second-order valence-corrected chi connectivity index (χ2v) is 4.79. The first kappa shape index (κ1) is 15.4. The van der Waals surface area contributed by atoms with Gasteiger partial charge in [0.2, 0.25) is 11.7 Å². The topological polar surface area (TPSA) is 66.0 Å². The molecule has 1 saturated heterocycles. The fraction of sp³-hybridized carbons (Fsp3) is 0.533. The molecule has 1 N–H and O–H groups in total. The molecule has 0 atom stereocenters. The van der Waals surface area contributed by atoms with E-state index in [1.165, 1.54) is 0 Å². The van der Waals surface area contributed by atoms with Crippen LogP contribution >= 0.6 is 0 Å². The van der Waals surface area contributed by atoms with Gasteiger partial charge in [0.25, 0.3) is 0 Å². The number of hydrogen-bond acceptors (Lipinski definition) is 5. The average molecular weight is 295 g/mol. The van der Waals surface area contributed by atoms with Crippen molar-refractivity contribution in [2.45, 2.75) is 12.8 Å². The summed E-state index contributed by atoms with van der Waals surface area (Å²) < 4.78 is 21.1. The maximum Gasteiger partial charge on any atom is 0.227 e. The van der Waals surface area contributed by atoms with Crippen molar-refractivity contribution >= 4 is 11.6 Å². The normalized spacial score (nSPS) is 15.4. The number of carbonyl (C=O) groups excluding carboxylic acids is 1. The Labute approximate surface area is 124 Å². The van der Waals surface area contributed by atoms with E-state index in [-0.39, 0.29) is 11.8 Å². The van der Waals surface area contributed by atoms with Crippen LogP contribution in [-0.4, -0.2) is 40.5 Å². The van der Waals surface area contributed by atoms with E-state index in [1.54, 1.807) is 33.5 Å². The van der Waals surface area contributed by atoms with Crippen LogP contribution in [0.4, 0.5) is 5.69 Å². The second kappa shape index (κ2) is 7.17. The molecule has 21 heavy (non-hydrogen) atoms. The lowest BCUT2D eigenvalue weighted by Crippen LogP contribution is -2.28. The van der Waals surface area contributed by atoms with Crippen LogP contribution in [0, 0.1) is 5.92 Å². The Kier molecular flexibility index (Phi) is 5.27. The molecule has 6 nitrogen and oxygen atoms in total. The van der Waals surface area contributed by atoms with Crippen LogP contribution in [0.3, 0.4) is 0 Å². The van der Waals surface area contributed by atoms with E-state index in [2.05, 4.69) is 5.32 Å². The highest BCUT2D eigenvalue weighted by Gasteiger charge is 2.22. The average Bonchev–Trinajstić information content (AvgIpc) is 2.54. The molecule has 1 aliphatic heterocycles. The molecular formula is C15H21NO5. The smallest absolute Gasteiger partial charge is 0.227 e. The standard InChI is InChI=1S/C15H21NO5/c1-18-12-8-11(9-13(19-2)14(12)20-3)16-15(17)10-4-6-21-7-5-10/h8-10H,4-7H2,1-3H3,(H,16,17). The van der Waals surface area contributed by atoms with Crippen molar-refractivity contribution in [1.82, 2.24) is 0 Å². The van der Waals surface area contributed by atoms with E-state index in [0.29, 0.717) is 36.1 Å². The molecule has 0 saturated carbocycles. The van der Waals surface area contributed by atoms with Crippen LogP contribution in [0.1, 0.15) is 12.8 Å². The fourth-order valence-electron chi connectivity index (χ4n) is 2.36. The van der Waals surface area contributed by atoms with Crippen molar-refractivity contribution in [3.8, 4) is 17.2 Å². The van der Waals surface area contributed by atoms with Crippen molar-refractivity contribution < 1.29 is 23.7 Å². The molecule has 1 heterocycles. The van der Waals surface area contributed by atoms with Crippen molar-refractivity contribution in [3.05, 3.63) is 12.1 Å². The highest BCUT2D eigenvalue weighted by molar-refractivity contribution is 5.93. The molecule has 0 aromatic heterocycles. The third-order valence-corrected chi connectivity index (χ3v) is 3.52. The number of nitrogens with one attached hydrogen (secondary N) is 1. The number of methoxy groups -OCH3 is 3. The Morgan fingerprint density at radius 1 is 1.10 bits per heavy atom. The van der Waals surface area contributed by atoms with Crippen molar-refractivity contribution in [3.63, 3.8) is 0 Å². The van der Waals surface area contributed by atoms with Crippen molar-refractivity contribution in [2.24, 2.45) is 5.92 Å². The highest BCUT2D eigenvalue weighted by Crippen LogP contribution is 2.40. The molecule has 2 rings (SSSR count). The van der Waals surface area contributed by atoms with Crippen LogP contribution < -0.4 is 19.5 Å². The number of anilines is 1. The minimum Gasteiger partial charge on any atom is -0.493 e. The van der Waals surface area contributed by atoms with E-state index in [9.17, 15) is 4.79 Å². The third-order valence-electron chi connectivity index (χ3n) is 3.52. The number of rotatable bonds is 5. The Bertz CT molecular complexity index is 472. The van der Waals surface area contributed by atoms with Crippen LogP contribution in [0.25, 0.3) is 0 Å². The summed E-state index contributed by atoms with van der Waals surface area (Å²) in [5.74, 6) is 1.51. The van der Waals surface area contributed by atoms with Gasteiger partial charge in [-0.15, -0.1) is 0 Å². The Morgan fingerprint density at radius 2 is 1.67 bits per heavy atom. The molecule has 0 radical (unpaired) electrons.